The van der Waals surface area contributed by atoms with Crippen molar-refractivity contribution in [3.05, 3.63) is 23.8 Å². The van der Waals surface area contributed by atoms with E-state index < -0.39 is 0 Å². The van der Waals surface area contributed by atoms with E-state index in [0.717, 1.165) is 47.9 Å². The molecule has 1 aliphatic rings. The zero-order chi connectivity index (χ0) is 17.5. The molecule has 1 unspecified atom stereocenters. The highest BCUT2D eigenvalue weighted by Gasteiger charge is 2.25. The van der Waals surface area contributed by atoms with Crippen molar-refractivity contribution in [1.82, 2.24) is 10.2 Å². The number of methoxy groups -OCH3 is 2. The fourth-order valence-corrected chi connectivity index (χ4v) is 3.48. The molecular weight excluding hydrogens is 302 g/mol. The van der Waals surface area contributed by atoms with Crippen LogP contribution in [0.25, 0.3) is 0 Å². The number of benzene rings is 1. The third kappa shape index (κ3) is 4.56. The van der Waals surface area contributed by atoms with Crippen LogP contribution in [0.1, 0.15) is 32.3 Å². The summed E-state index contributed by atoms with van der Waals surface area (Å²) < 4.78 is 10.9. The largest absolute Gasteiger partial charge is 0.493 e. The quantitative estimate of drug-likeness (QED) is 0.642. The Hall–Kier alpha value is -1.91. The first-order valence-electron chi connectivity index (χ1n) is 8.74. The maximum absolute atomic E-state index is 5.50. The lowest BCUT2D eigenvalue weighted by molar-refractivity contribution is 0.351. The standard InChI is InChI=1S/C19H31N3O2/c1-14(2)11-15-9-10-22(13-15)19(20-3)21-12-16-7-6-8-17(23-4)18(16)24-5/h6-8,14-15H,9-13H2,1-5H3,(H,20,21). The molecular formula is C19H31N3O2. The minimum atomic E-state index is 0.665. The minimum Gasteiger partial charge on any atom is -0.493 e. The molecule has 1 aromatic carbocycles. The molecule has 1 saturated heterocycles. The van der Waals surface area contributed by atoms with Gasteiger partial charge in [-0.15, -0.1) is 0 Å². The molecule has 0 aromatic heterocycles. The fraction of sp³-hybridized carbons (Fsp3) is 0.632. The maximum atomic E-state index is 5.50. The van der Waals surface area contributed by atoms with E-state index in [1.807, 2.05) is 25.2 Å². The van der Waals surface area contributed by atoms with Gasteiger partial charge in [-0.25, -0.2) is 0 Å². The molecule has 1 aromatic rings. The second-order valence-electron chi connectivity index (χ2n) is 6.78. The number of rotatable bonds is 6. The Balaban J connectivity index is 1.98. The van der Waals surface area contributed by atoms with Crippen molar-refractivity contribution in [3.63, 3.8) is 0 Å². The Bertz CT molecular complexity index is 558. The van der Waals surface area contributed by atoms with Gasteiger partial charge in [-0.05, 0) is 30.7 Å². The summed E-state index contributed by atoms with van der Waals surface area (Å²) in [6, 6.07) is 5.94. The van der Waals surface area contributed by atoms with Gasteiger partial charge in [0.25, 0.3) is 0 Å². The number of ether oxygens (including phenoxy) is 2. The lowest BCUT2D eigenvalue weighted by Crippen LogP contribution is -2.39. The number of hydrogen-bond donors (Lipinski definition) is 1. The molecule has 1 heterocycles. The van der Waals surface area contributed by atoms with Crippen LogP contribution in [-0.4, -0.2) is 45.2 Å². The Morgan fingerprint density at radius 1 is 1.33 bits per heavy atom. The molecule has 24 heavy (non-hydrogen) atoms. The predicted molar refractivity (Wildman–Crippen MR) is 98.9 cm³/mol. The molecule has 0 amide bonds. The Labute approximate surface area is 146 Å². The summed E-state index contributed by atoms with van der Waals surface area (Å²) in [4.78, 5) is 6.82. The number of aliphatic imine (C=N–C) groups is 1. The molecule has 5 nitrogen and oxygen atoms in total. The van der Waals surface area contributed by atoms with Crippen LogP contribution in [0.4, 0.5) is 0 Å². The zero-order valence-electron chi connectivity index (χ0n) is 15.6. The van der Waals surface area contributed by atoms with Crippen LogP contribution in [0.5, 0.6) is 11.5 Å². The van der Waals surface area contributed by atoms with Gasteiger partial charge in [-0.2, -0.15) is 0 Å². The van der Waals surface area contributed by atoms with Crippen molar-refractivity contribution in [3.8, 4) is 11.5 Å². The van der Waals surface area contributed by atoms with Crippen LogP contribution in [0.15, 0.2) is 23.2 Å². The van der Waals surface area contributed by atoms with Gasteiger partial charge in [0.15, 0.2) is 17.5 Å². The summed E-state index contributed by atoms with van der Waals surface area (Å²) in [7, 11) is 5.18. The second-order valence-corrected chi connectivity index (χ2v) is 6.78. The van der Waals surface area contributed by atoms with Gasteiger partial charge in [0, 0.05) is 32.2 Å². The van der Waals surface area contributed by atoms with Gasteiger partial charge in [-0.1, -0.05) is 26.0 Å². The zero-order valence-corrected chi connectivity index (χ0v) is 15.6. The lowest BCUT2D eigenvalue weighted by atomic mass is 9.97. The highest BCUT2D eigenvalue weighted by molar-refractivity contribution is 5.80. The third-order valence-corrected chi connectivity index (χ3v) is 4.52. The normalized spacial score (nSPS) is 18.2. The first-order chi connectivity index (χ1) is 11.6. The van der Waals surface area contributed by atoms with Crippen molar-refractivity contribution in [1.29, 1.82) is 0 Å². The summed E-state index contributed by atoms with van der Waals surface area (Å²) in [6.07, 6.45) is 2.54. The summed E-state index contributed by atoms with van der Waals surface area (Å²) in [5.74, 6) is 4.03. The molecule has 0 aliphatic carbocycles. The molecule has 0 radical (unpaired) electrons. The highest BCUT2D eigenvalue weighted by Crippen LogP contribution is 2.30. The van der Waals surface area contributed by atoms with Gasteiger partial charge in [-0.3, -0.25) is 4.99 Å². The third-order valence-electron chi connectivity index (χ3n) is 4.52. The van der Waals surface area contributed by atoms with Crippen LogP contribution < -0.4 is 14.8 Å². The maximum Gasteiger partial charge on any atom is 0.193 e. The summed E-state index contributed by atoms with van der Waals surface area (Å²) in [5.41, 5.74) is 1.07. The second kappa shape index (κ2) is 8.81. The van der Waals surface area contributed by atoms with Gasteiger partial charge < -0.3 is 19.7 Å². The van der Waals surface area contributed by atoms with E-state index in [1.54, 1.807) is 14.2 Å². The van der Waals surface area contributed by atoms with Crippen LogP contribution >= 0.6 is 0 Å². The minimum absolute atomic E-state index is 0.665. The SMILES string of the molecule is CN=C(NCc1cccc(OC)c1OC)N1CCC(CC(C)C)C1. The molecule has 2 rings (SSSR count). The average Bonchev–Trinajstić information content (AvgIpc) is 3.02. The van der Waals surface area contributed by atoms with Crippen LogP contribution in [0.2, 0.25) is 0 Å². The molecule has 0 bridgehead atoms. The number of hydrogen-bond acceptors (Lipinski definition) is 3. The Kier molecular flexibility index (Phi) is 6.76. The summed E-state index contributed by atoms with van der Waals surface area (Å²) in [5, 5.41) is 3.47. The van der Waals surface area contributed by atoms with Crippen molar-refractivity contribution in [2.24, 2.45) is 16.8 Å². The van der Waals surface area contributed by atoms with E-state index in [4.69, 9.17) is 9.47 Å². The molecule has 1 N–H and O–H groups in total. The predicted octanol–water partition coefficient (Wildman–Crippen LogP) is 3.15. The van der Waals surface area contributed by atoms with E-state index in [9.17, 15) is 0 Å². The monoisotopic (exact) mass is 333 g/mol. The van der Waals surface area contributed by atoms with E-state index >= 15 is 0 Å². The van der Waals surface area contributed by atoms with Crippen LogP contribution in [0, 0.1) is 11.8 Å². The van der Waals surface area contributed by atoms with Crippen LogP contribution in [-0.2, 0) is 6.54 Å². The summed E-state index contributed by atoms with van der Waals surface area (Å²) in [6.45, 7) is 7.42. The highest BCUT2D eigenvalue weighted by atomic mass is 16.5. The van der Waals surface area contributed by atoms with E-state index in [-0.39, 0.29) is 0 Å². The molecule has 5 heteroatoms. The van der Waals surface area contributed by atoms with E-state index in [0.29, 0.717) is 6.54 Å². The molecule has 1 aliphatic heterocycles. The number of guanidine groups is 1. The van der Waals surface area contributed by atoms with Crippen molar-refractivity contribution in [2.45, 2.75) is 33.2 Å². The van der Waals surface area contributed by atoms with Gasteiger partial charge in [0.2, 0.25) is 0 Å². The Morgan fingerprint density at radius 2 is 2.12 bits per heavy atom. The molecule has 134 valence electrons. The van der Waals surface area contributed by atoms with Crippen molar-refractivity contribution < 1.29 is 9.47 Å². The first-order valence-corrected chi connectivity index (χ1v) is 8.74. The smallest absolute Gasteiger partial charge is 0.193 e. The van der Waals surface area contributed by atoms with E-state index in [1.165, 1.54) is 12.8 Å². The molecule has 0 saturated carbocycles. The first kappa shape index (κ1) is 18.4. The topological polar surface area (TPSA) is 46.1 Å². The molecule has 1 fully saturated rings. The molecule has 1 atom stereocenters. The van der Waals surface area contributed by atoms with Crippen molar-refractivity contribution >= 4 is 5.96 Å². The number of likely N-dealkylation sites (tertiary alicyclic amines) is 1. The lowest BCUT2D eigenvalue weighted by Gasteiger charge is -2.23. The average molecular weight is 333 g/mol. The number of para-hydroxylation sites is 1. The molecule has 0 spiro atoms. The summed E-state index contributed by atoms with van der Waals surface area (Å²) >= 11 is 0. The van der Waals surface area contributed by atoms with Gasteiger partial charge >= 0.3 is 0 Å². The van der Waals surface area contributed by atoms with E-state index in [2.05, 4.69) is 29.1 Å². The van der Waals surface area contributed by atoms with Gasteiger partial charge in [0.1, 0.15) is 0 Å². The Morgan fingerprint density at radius 3 is 2.75 bits per heavy atom. The number of nitrogens with one attached hydrogen (secondary N) is 1. The number of nitrogens with zero attached hydrogens (tertiary/aromatic N) is 2. The van der Waals surface area contributed by atoms with Gasteiger partial charge in [0.05, 0.1) is 14.2 Å². The van der Waals surface area contributed by atoms with Crippen LogP contribution in [0.3, 0.4) is 0 Å². The fourth-order valence-electron chi connectivity index (χ4n) is 3.48. The van der Waals surface area contributed by atoms with Crippen molar-refractivity contribution in [2.75, 3.05) is 34.4 Å².